The highest BCUT2D eigenvalue weighted by atomic mass is 35.5. The summed E-state index contributed by atoms with van der Waals surface area (Å²) in [6.45, 7) is 13.1. The Morgan fingerprint density at radius 3 is 2.41 bits per heavy atom. The molecule has 1 saturated carbocycles. The fourth-order valence-corrected chi connectivity index (χ4v) is 8.73. The highest BCUT2D eigenvalue weighted by Gasteiger charge is 2.72. The lowest BCUT2D eigenvalue weighted by Gasteiger charge is -2.38. The van der Waals surface area contributed by atoms with Crippen molar-refractivity contribution in [3.05, 3.63) is 40.4 Å². The minimum Gasteiger partial charge on any atom is -0.359 e. The minimum absolute atomic E-state index is 0.0442. The van der Waals surface area contributed by atoms with E-state index in [1.165, 1.54) is 0 Å². The Bertz CT molecular complexity index is 1280. The lowest BCUT2D eigenvalue weighted by atomic mass is 9.73. The molecule has 2 bridgehead atoms. The number of amides is 3. The molecule has 44 heavy (non-hydrogen) atoms. The third-order valence-corrected chi connectivity index (χ3v) is 11.3. The van der Waals surface area contributed by atoms with Gasteiger partial charge in [0, 0.05) is 54.5 Å². The van der Waals surface area contributed by atoms with Gasteiger partial charge in [-0.25, -0.2) is 0 Å². The van der Waals surface area contributed by atoms with Crippen LogP contribution in [0.5, 0.6) is 0 Å². The Morgan fingerprint density at radius 2 is 1.70 bits per heavy atom. The molecule has 4 fully saturated rings. The maximum atomic E-state index is 14.3. The number of benzene rings is 1. The van der Waals surface area contributed by atoms with E-state index < -0.39 is 29.6 Å². The molecule has 4 heterocycles. The Hall–Kier alpha value is -2.17. The van der Waals surface area contributed by atoms with Crippen molar-refractivity contribution in [3.63, 3.8) is 0 Å². The van der Waals surface area contributed by atoms with Crippen molar-refractivity contribution in [3.8, 4) is 0 Å². The van der Waals surface area contributed by atoms with Gasteiger partial charge in [-0.1, -0.05) is 69.0 Å². The summed E-state index contributed by atoms with van der Waals surface area (Å²) >= 11 is 12.4. The first-order valence-electron chi connectivity index (χ1n) is 16.3. The number of rotatable bonds is 9. The molecule has 1 aliphatic carbocycles. The monoisotopic (exact) mass is 645 g/mol. The van der Waals surface area contributed by atoms with Crippen LogP contribution in [0.25, 0.3) is 0 Å². The van der Waals surface area contributed by atoms with Gasteiger partial charge in [-0.2, -0.15) is 0 Å². The van der Waals surface area contributed by atoms with E-state index in [9.17, 15) is 14.4 Å². The number of carbonyl (C=O) groups excluding carboxylic acids is 3. The summed E-state index contributed by atoms with van der Waals surface area (Å²) in [5.41, 5.74) is -0.732. The molecule has 1 aromatic rings. The summed E-state index contributed by atoms with van der Waals surface area (Å²) in [5.74, 6) is -1.44. The van der Waals surface area contributed by atoms with Gasteiger partial charge in [0.15, 0.2) is 0 Å². The zero-order valence-electron chi connectivity index (χ0n) is 25.9. The van der Waals surface area contributed by atoms with Crippen molar-refractivity contribution in [1.82, 2.24) is 20.0 Å². The standard InChI is InChI=1S/C33H45Cl2N5O4/c1-4-38-13-15-39(16-14-38)11-6-12-40-29(31(42)37-25-8-5-7-20(2)21(25)3)33-10-9-26(44-33)27(28(33)32(40)43)30(41)36-24-18-22(34)17-23(35)19-24/h9-10,17-21,25-29H,4-8,11-16H2,1-3H3,(H,36,41)(H,37,42). The summed E-state index contributed by atoms with van der Waals surface area (Å²) in [4.78, 5) is 48.9. The molecule has 1 spiro atoms. The molecule has 3 amide bonds. The van der Waals surface area contributed by atoms with Gasteiger partial charge in [0.1, 0.15) is 11.6 Å². The summed E-state index contributed by atoms with van der Waals surface area (Å²) in [5, 5.41) is 7.04. The number of ether oxygens (including phenoxy) is 1. The van der Waals surface area contributed by atoms with E-state index in [1.807, 2.05) is 12.2 Å². The molecule has 0 radical (unpaired) electrons. The van der Waals surface area contributed by atoms with Gasteiger partial charge in [-0.05, 0) is 56.0 Å². The Labute approximate surface area is 270 Å². The van der Waals surface area contributed by atoms with Crippen LogP contribution in [0, 0.1) is 23.7 Å². The van der Waals surface area contributed by atoms with Gasteiger partial charge in [0.2, 0.25) is 17.7 Å². The topological polar surface area (TPSA) is 94.2 Å². The highest BCUT2D eigenvalue weighted by molar-refractivity contribution is 6.35. The largest absolute Gasteiger partial charge is 0.359 e. The van der Waals surface area contributed by atoms with E-state index in [4.69, 9.17) is 27.9 Å². The van der Waals surface area contributed by atoms with E-state index >= 15 is 0 Å². The lowest BCUT2D eigenvalue weighted by Crippen LogP contribution is -2.58. The molecule has 8 atom stereocenters. The maximum Gasteiger partial charge on any atom is 0.246 e. The van der Waals surface area contributed by atoms with Crippen molar-refractivity contribution in [1.29, 1.82) is 0 Å². The van der Waals surface area contributed by atoms with Crippen LogP contribution in [0.15, 0.2) is 30.4 Å². The van der Waals surface area contributed by atoms with Gasteiger partial charge in [-0.15, -0.1) is 0 Å². The summed E-state index contributed by atoms with van der Waals surface area (Å²) in [7, 11) is 0. The molecule has 6 rings (SSSR count). The molecule has 4 aliphatic heterocycles. The minimum atomic E-state index is -1.18. The van der Waals surface area contributed by atoms with Gasteiger partial charge in [-0.3, -0.25) is 14.4 Å². The van der Waals surface area contributed by atoms with E-state index in [0.717, 1.165) is 65.0 Å². The predicted octanol–water partition coefficient (Wildman–Crippen LogP) is 4.05. The number of anilines is 1. The molecule has 8 unspecified atom stereocenters. The molecule has 5 aliphatic rings. The predicted molar refractivity (Wildman–Crippen MR) is 172 cm³/mol. The first-order chi connectivity index (χ1) is 21.1. The summed E-state index contributed by atoms with van der Waals surface area (Å²) in [6.07, 6.45) is 7.01. The number of piperazine rings is 1. The van der Waals surface area contributed by atoms with Crippen LogP contribution < -0.4 is 10.6 Å². The van der Waals surface area contributed by atoms with Crippen LogP contribution >= 0.6 is 23.2 Å². The molecule has 0 aromatic heterocycles. The number of likely N-dealkylation sites (N-methyl/N-ethyl adjacent to an activating group) is 1. The van der Waals surface area contributed by atoms with Gasteiger partial charge in [0.05, 0.1) is 17.9 Å². The second-order valence-corrected chi connectivity index (χ2v) is 14.3. The smallest absolute Gasteiger partial charge is 0.246 e. The summed E-state index contributed by atoms with van der Waals surface area (Å²) < 4.78 is 6.53. The number of fused-ring (bicyclic) bond motifs is 1. The van der Waals surface area contributed by atoms with E-state index in [1.54, 1.807) is 23.1 Å². The van der Waals surface area contributed by atoms with Gasteiger partial charge < -0.3 is 30.1 Å². The third-order valence-electron chi connectivity index (χ3n) is 10.9. The maximum absolute atomic E-state index is 14.3. The number of likely N-dealkylation sites (tertiary alicyclic amines) is 1. The number of nitrogens with one attached hydrogen (secondary N) is 2. The molecule has 1 aromatic carbocycles. The Balaban J connectivity index is 1.23. The van der Waals surface area contributed by atoms with Crippen LogP contribution in [0.1, 0.15) is 46.5 Å². The Kier molecular flexibility index (Phi) is 9.33. The van der Waals surface area contributed by atoms with Crippen LogP contribution in [0.3, 0.4) is 0 Å². The van der Waals surface area contributed by atoms with Crippen molar-refractivity contribution in [2.75, 3.05) is 51.1 Å². The zero-order valence-corrected chi connectivity index (χ0v) is 27.4. The average Bonchev–Trinajstić information content (AvgIpc) is 3.62. The molecular formula is C33H45Cl2N5O4. The van der Waals surface area contributed by atoms with Crippen LogP contribution in [-0.2, 0) is 19.1 Å². The number of nitrogens with zero attached hydrogens (tertiary/aromatic N) is 3. The van der Waals surface area contributed by atoms with Crippen LogP contribution in [0.4, 0.5) is 5.69 Å². The quantitative estimate of drug-likeness (QED) is 0.394. The summed E-state index contributed by atoms with van der Waals surface area (Å²) in [6, 6.07) is 4.05. The van der Waals surface area contributed by atoms with E-state index in [2.05, 4.69) is 41.2 Å². The van der Waals surface area contributed by atoms with Crippen molar-refractivity contribution >= 4 is 46.6 Å². The fourth-order valence-electron chi connectivity index (χ4n) is 8.20. The third kappa shape index (κ3) is 5.91. The second kappa shape index (κ2) is 12.9. The van der Waals surface area contributed by atoms with Gasteiger partial charge in [0.25, 0.3) is 0 Å². The van der Waals surface area contributed by atoms with Crippen LogP contribution in [0.2, 0.25) is 10.0 Å². The molecule has 3 saturated heterocycles. The first-order valence-corrected chi connectivity index (χ1v) is 17.1. The number of halogens is 2. The molecule has 2 N–H and O–H groups in total. The number of hydrogen-bond donors (Lipinski definition) is 2. The van der Waals surface area contributed by atoms with E-state index in [0.29, 0.717) is 34.1 Å². The van der Waals surface area contributed by atoms with Gasteiger partial charge >= 0.3 is 0 Å². The van der Waals surface area contributed by atoms with Crippen molar-refractivity contribution in [2.45, 2.75) is 70.2 Å². The molecule has 11 heteroatoms. The first kappa shape index (κ1) is 31.8. The molecule has 240 valence electrons. The number of carbonyl (C=O) groups is 3. The average molecular weight is 647 g/mol. The van der Waals surface area contributed by atoms with Crippen molar-refractivity contribution < 1.29 is 19.1 Å². The zero-order chi connectivity index (χ0) is 31.2. The lowest BCUT2D eigenvalue weighted by molar-refractivity contribution is -0.141. The normalized spacial score (nSPS) is 35.2. The van der Waals surface area contributed by atoms with E-state index in [-0.39, 0.29) is 23.8 Å². The van der Waals surface area contributed by atoms with Crippen molar-refractivity contribution in [2.24, 2.45) is 23.7 Å². The molecule has 9 nitrogen and oxygen atoms in total. The highest BCUT2D eigenvalue weighted by Crippen LogP contribution is 2.55. The second-order valence-electron chi connectivity index (χ2n) is 13.4. The fraction of sp³-hybridized carbons (Fsp3) is 0.667. The Morgan fingerprint density at radius 1 is 1.00 bits per heavy atom. The van der Waals surface area contributed by atoms with Crippen LogP contribution in [-0.4, -0.2) is 102 Å². The number of hydrogen-bond acceptors (Lipinski definition) is 6. The SMILES string of the molecule is CCN1CCN(CCCN2C(=O)C3C(C(=O)Nc4cc(Cl)cc(Cl)c4)C4C=CC3(O4)C2C(=O)NC2CCCC(C)C2C)CC1. The molecular weight excluding hydrogens is 601 g/mol.